The zero-order valence-electron chi connectivity index (χ0n) is 16.3. The Morgan fingerprint density at radius 2 is 1.92 bits per heavy atom. The first-order valence-electron chi connectivity index (χ1n) is 9.33. The SMILES string of the molecule is COc1cccc(NC(=O)CN(C)C(C)C(=O)N(C)C2CCCCC2)c1. The highest BCUT2D eigenvalue weighted by molar-refractivity contribution is 5.93. The molecule has 26 heavy (non-hydrogen) atoms. The van der Waals surface area contributed by atoms with E-state index in [1.54, 1.807) is 18.1 Å². The molecular weight excluding hydrogens is 330 g/mol. The second-order valence-corrected chi connectivity index (χ2v) is 7.11. The van der Waals surface area contributed by atoms with Gasteiger partial charge in [-0.3, -0.25) is 14.5 Å². The van der Waals surface area contributed by atoms with Gasteiger partial charge >= 0.3 is 0 Å². The molecule has 1 fully saturated rings. The highest BCUT2D eigenvalue weighted by atomic mass is 16.5. The quantitative estimate of drug-likeness (QED) is 0.811. The lowest BCUT2D eigenvalue weighted by atomic mass is 9.94. The van der Waals surface area contributed by atoms with E-state index < -0.39 is 0 Å². The molecule has 2 amide bonds. The number of methoxy groups -OCH3 is 1. The summed E-state index contributed by atoms with van der Waals surface area (Å²) in [5.74, 6) is 0.614. The van der Waals surface area contributed by atoms with E-state index in [4.69, 9.17) is 4.74 Å². The maximum absolute atomic E-state index is 12.7. The van der Waals surface area contributed by atoms with Gasteiger partial charge in [0.25, 0.3) is 0 Å². The smallest absolute Gasteiger partial charge is 0.239 e. The lowest BCUT2D eigenvalue weighted by molar-refractivity contribution is -0.137. The lowest BCUT2D eigenvalue weighted by Gasteiger charge is -2.35. The first-order valence-corrected chi connectivity index (χ1v) is 9.33. The standard InChI is InChI=1S/C20H31N3O3/c1-15(20(25)23(3)17-10-6-5-7-11-17)22(2)14-19(24)21-16-9-8-12-18(13-16)26-4/h8-9,12-13,15,17H,5-7,10-11,14H2,1-4H3,(H,21,24). The second kappa shape index (κ2) is 9.57. The molecule has 1 aliphatic carbocycles. The molecule has 0 aromatic heterocycles. The summed E-state index contributed by atoms with van der Waals surface area (Å²) in [6, 6.07) is 7.22. The Morgan fingerprint density at radius 3 is 2.58 bits per heavy atom. The van der Waals surface area contributed by atoms with E-state index in [0.717, 1.165) is 12.8 Å². The topological polar surface area (TPSA) is 61.9 Å². The number of rotatable bonds is 7. The number of carbonyl (C=O) groups is 2. The third-order valence-electron chi connectivity index (χ3n) is 5.24. The van der Waals surface area contributed by atoms with E-state index in [0.29, 0.717) is 17.5 Å². The van der Waals surface area contributed by atoms with Gasteiger partial charge in [-0.1, -0.05) is 25.3 Å². The molecule has 0 aliphatic heterocycles. The Labute approximate surface area is 156 Å². The first-order chi connectivity index (χ1) is 12.4. The summed E-state index contributed by atoms with van der Waals surface area (Å²) >= 11 is 0. The fourth-order valence-electron chi connectivity index (χ4n) is 3.40. The van der Waals surface area contributed by atoms with Gasteiger partial charge in [0.15, 0.2) is 0 Å². The van der Waals surface area contributed by atoms with Crippen molar-refractivity contribution >= 4 is 17.5 Å². The van der Waals surface area contributed by atoms with Crippen LogP contribution in [0.3, 0.4) is 0 Å². The average molecular weight is 361 g/mol. The summed E-state index contributed by atoms with van der Waals surface area (Å²) in [7, 11) is 5.28. The van der Waals surface area contributed by atoms with Gasteiger partial charge in [0.1, 0.15) is 5.75 Å². The normalized spacial score (nSPS) is 16.2. The summed E-state index contributed by atoms with van der Waals surface area (Å²) in [6.45, 7) is 2.02. The van der Waals surface area contributed by atoms with E-state index in [1.165, 1.54) is 19.3 Å². The number of hydrogen-bond donors (Lipinski definition) is 1. The number of nitrogens with one attached hydrogen (secondary N) is 1. The van der Waals surface area contributed by atoms with Crippen LogP contribution >= 0.6 is 0 Å². The van der Waals surface area contributed by atoms with Crippen LogP contribution in [0.1, 0.15) is 39.0 Å². The van der Waals surface area contributed by atoms with E-state index in [-0.39, 0.29) is 24.4 Å². The number of ether oxygens (including phenoxy) is 1. The Hall–Kier alpha value is -2.08. The summed E-state index contributed by atoms with van der Waals surface area (Å²) in [5, 5.41) is 2.85. The number of anilines is 1. The maximum Gasteiger partial charge on any atom is 0.239 e. The average Bonchev–Trinajstić information content (AvgIpc) is 2.66. The van der Waals surface area contributed by atoms with Crippen LogP contribution in [0.25, 0.3) is 0 Å². The molecule has 0 saturated heterocycles. The van der Waals surface area contributed by atoms with Crippen LogP contribution in [-0.2, 0) is 9.59 Å². The minimum absolute atomic E-state index is 0.0774. The molecular formula is C20H31N3O3. The zero-order valence-corrected chi connectivity index (χ0v) is 16.3. The van der Waals surface area contributed by atoms with Crippen LogP contribution < -0.4 is 10.1 Å². The van der Waals surface area contributed by atoms with Crippen LogP contribution in [0, 0.1) is 0 Å². The molecule has 1 atom stereocenters. The highest BCUT2D eigenvalue weighted by Gasteiger charge is 2.28. The van der Waals surface area contributed by atoms with Crippen molar-refractivity contribution in [1.29, 1.82) is 0 Å². The molecule has 144 valence electrons. The molecule has 0 radical (unpaired) electrons. The Bertz CT molecular complexity index is 614. The largest absolute Gasteiger partial charge is 0.497 e. The van der Waals surface area contributed by atoms with E-state index >= 15 is 0 Å². The van der Waals surface area contributed by atoms with Crippen LogP contribution in [0.15, 0.2) is 24.3 Å². The Morgan fingerprint density at radius 1 is 1.23 bits per heavy atom. The number of hydrogen-bond acceptors (Lipinski definition) is 4. The minimum Gasteiger partial charge on any atom is -0.497 e. The van der Waals surface area contributed by atoms with Crippen LogP contribution in [-0.4, -0.2) is 61.4 Å². The van der Waals surface area contributed by atoms with Crippen LogP contribution in [0.5, 0.6) is 5.75 Å². The summed E-state index contributed by atoms with van der Waals surface area (Å²) in [4.78, 5) is 28.7. The van der Waals surface area contributed by atoms with Crippen LogP contribution in [0.4, 0.5) is 5.69 Å². The third kappa shape index (κ3) is 5.46. The van der Waals surface area contributed by atoms with Gasteiger partial charge in [-0.05, 0) is 38.9 Å². The van der Waals surface area contributed by atoms with E-state index in [2.05, 4.69) is 5.32 Å². The molecule has 1 aromatic rings. The van der Waals surface area contributed by atoms with Gasteiger partial charge in [-0.25, -0.2) is 0 Å². The summed E-state index contributed by atoms with van der Waals surface area (Å²) in [6.07, 6.45) is 5.80. The van der Waals surface area contributed by atoms with Crippen molar-refractivity contribution in [3.8, 4) is 5.75 Å². The first kappa shape index (κ1) is 20.2. The monoisotopic (exact) mass is 361 g/mol. The second-order valence-electron chi connectivity index (χ2n) is 7.11. The number of nitrogens with zero attached hydrogens (tertiary/aromatic N) is 2. The molecule has 0 bridgehead atoms. The summed E-state index contributed by atoms with van der Waals surface area (Å²) in [5.41, 5.74) is 0.682. The van der Waals surface area contributed by atoms with Gasteiger partial charge in [0.2, 0.25) is 11.8 Å². The lowest BCUT2D eigenvalue weighted by Crippen LogP contribution is -2.49. The number of benzene rings is 1. The fourth-order valence-corrected chi connectivity index (χ4v) is 3.40. The van der Waals surface area contributed by atoms with Gasteiger partial charge in [0, 0.05) is 24.8 Å². The van der Waals surface area contributed by atoms with Gasteiger partial charge in [-0.15, -0.1) is 0 Å². The highest BCUT2D eigenvalue weighted by Crippen LogP contribution is 2.22. The molecule has 2 rings (SSSR count). The fraction of sp³-hybridized carbons (Fsp3) is 0.600. The predicted molar refractivity (Wildman–Crippen MR) is 103 cm³/mol. The summed E-state index contributed by atoms with van der Waals surface area (Å²) < 4.78 is 5.16. The minimum atomic E-state index is -0.335. The number of likely N-dealkylation sites (N-methyl/N-ethyl adjacent to an activating group) is 2. The van der Waals surface area contributed by atoms with Crippen molar-refractivity contribution in [3.63, 3.8) is 0 Å². The van der Waals surface area contributed by atoms with Crippen LogP contribution in [0.2, 0.25) is 0 Å². The molecule has 1 unspecified atom stereocenters. The van der Waals surface area contributed by atoms with E-state index in [1.807, 2.05) is 44.1 Å². The van der Waals surface area contributed by atoms with Crippen molar-refractivity contribution in [2.24, 2.45) is 0 Å². The molecule has 1 N–H and O–H groups in total. The van der Waals surface area contributed by atoms with Crippen molar-refractivity contribution < 1.29 is 14.3 Å². The Kier molecular flexibility index (Phi) is 7.45. The number of amides is 2. The van der Waals surface area contributed by atoms with E-state index in [9.17, 15) is 9.59 Å². The molecule has 6 nitrogen and oxygen atoms in total. The zero-order chi connectivity index (χ0) is 19.1. The maximum atomic E-state index is 12.7. The molecule has 0 spiro atoms. The molecule has 1 aliphatic rings. The van der Waals surface area contributed by atoms with Crippen molar-refractivity contribution in [3.05, 3.63) is 24.3 Å². The molecule has 1 saturated carbocycles. The predicted octanol–water partition coefficient (Wildman–Crippen LogP) is 2.75. The number of carbonyl (C=O) groups excluding carboxylic acids is 2. The molecule has 6 heteroatoms. The van der Waals surface area contributed by atoms with Gasteiger partial charge in [-0.2, -0.15) is 0 Å². The van der Waals surface area contributed by atoms with Gasteiger partial charge < -0.3 is 15.0 Å². The Balaban J connectivity index is 1.87. The van der Waals surface area contributed by atoms with Crippen molar-refractivity contribution in [2.75, 3.05) is 33.1 Å². The van der Waals surface area contributed by atoms with Crippen molar-refractivity contribution in [2.45, 2.75) is 51.1 Å². The van der Waals surface area contributed by atoms with Crippen molar-refractivity contribution in [1.82, 2.24) is 9.80 Å². The molecule has 0 heterocycles. The third-order valence-corrected chi connectivity index (χ3v) is 5.24. The van der Waals surface area contributed by atoms with Gasteiger partial charge in [0.05, 0.1) is 19.7 Å². The molecule has 1 aromatic carbocycles.